The second-order valence-electron chi connectivity index (χ2n) is 4.38. The number of nitrogens with zero attached hydrogens (tertiary/aromatic N) is 4. The predicted molar refractivity (Wildman–Crippen MR) is 71.7 cm³/mol. The molecule has 0 amide bonds. The monoisotopic (exact) mass is 252 g/mol. The summed E-state index contributed by atoms with van der Waals surface area (Å²) in [5, 5.41) is 0. The number of carbonyl (C=O) groups is 1. The maximum atomic E-state index is 11.3. The summed E-state index contributed by atoms with van der Waals surface area (Å²) in [6.07, 6.45) is 3.37. The molecule has 2 heterocycles. The van der Waals surface area contributed by atoms with Crippen LogP contribution in [-0.2, 0) is 7.05 Å². The molecule has 0 fully saturated rings. The lowest BCUT2D eigenvalue weighted by Gasteiger charge is -2.02. The Bertz CT molecular complexity index is 776. The van der Waals surface area contributed by atoms with Crippen LogP contribution in [0.4, 0.5) is 0 Å². The van der Waals surface area contributed by atoms with Crippen molar-refractivity contribution < 1.29 is 4.79 Å². The third kappa shape index (κ3) is 1.99. The predicted octanol–water partition coefficient (Wildman–Crippen LogP) is 2.23. The average molecular weight is 252 g/mol. The number of ketones is 1. The number of aryl methyl sites for hydroxylation is 1. The van der Waals surface area contributed by atoms with Crippen molar-refractivity contribution in [2.24, 2.45) is 7.05 Å². The molecule has 0 bridgehead atoms. The van der Waals surface area contributed by atoms with E-state index in [0.29, 0.717) is 0 Å². The van der Waals surface area contributed by atoms with Gasteiger partial charge in [0.25, 0.3) is 0 Å². The summed E-state index contributed by atoms with van der Waals surface area (Å²) in [6.45, 7) is 1.46. The SMILES string of the molecule is CC(=O)c1nccc(-c2ccc3c(c2)ncn3C)n1. The van der Waals surface area contributed by atoms with E-state index in [0.717, 1.165) is 22.3 Å². The van der Waals surface area contributed by atoms with Gasteiger partial charge in [-0.05, 0) is 18.2 Å². The molecule has 5 heteroatoms. The number of fused-ring (bicyclic) bond motifs is 1. The highest BCUT2D eigenvalue weighted by atomic mass is 16.1. The van der Waals surface area contributed by atoms with Crippen molar-refractivity contribution in [1.29, 1.82) is 0 Å². The zero-order valence-corrected chi connectivity index (χ0v) is 10.7. The summed E-state index contributed by atoms with van der Waals surface area (Å²) in [5.41, 5.74) is 3.62. The highest BCUT2D eigenvalue weighted by molar-refractivity contribution is 5.90. The van der Waals surface area contributed by atoms with E-state index in [1.807, 2.05) is 29.8 Å². The summed E-state index contributed by atoms with van der Waals surface area (Å²) in [7, 11) is 1.95. The standard InChI is InChI=1S/C14H12N4O/c1-9(19)14-15-6-5-11(17-14)10-3-4-13-12(7-10)16-8-18(13)2/h3-8H,1-2H3. The van der Waals surface area contributed by atoms with E-state index < -0.39 is 0 Å². The normalized spacial score (nSPS) is 10.8. The van der Waals surface area contributed by atoms with Gasteiger partial charge >= 0.3 is 0 Å². The number of aromatic nitrogens is 4. The van der Waals surface area contributed by atoms with Crippen molar-refractivity contribution in [3.63, 3.8) is 0 Å². The van der Waals surface area contributed by atoms with Gasteiger partial charge < -0.3 is 4.57 Å². The summed E-state index contributed by atoms with van der Waals surface area (Å²) in [5.74, 6) is 0.0966. The molecule has 5 nitrogen and oxygen atoms in total. The first-order valence-corrected chi connectivity index (χ1v) is 5.90. The number of imidazole rings is 1. The van der Waals surface area contributed by atoms with Crippen LogP contribution in [0.1, 0.15) is 17.5 Å². The Labute approximate surface area is 110 Å². The van der Waals surface area contributed by atoms with Gasteiger partial charge in [-0.2, -0.15) is 0 Å². The number of benzene rings is 1. The van der Waals surface area contributed by atoms with E-state index in [1.54, 1.807) is 18.6 Å². The smallest absolute Gasteiger partial charge is 0.196 e. The summed E-state index contributed by atoms with van der Waals surface area (Å²) >= 11 is 0. The van der Waals surface area contributed by atoms with Crippen LogP contribution < -0.4 is 0 Å². The zero-order valence-electron chi connectivity index (χ0n) is 10.7. The van der Waals surface area contributed by atoms with Gasteiger partial charge in [0, 0.05) is 25.7 Å². The molecule has 94 valence electrons. The maximum Gasteiger partial charge on any atom is 0.196 e. The van der Waals surface area contributed by atoms with Gasteiger partial charge in [-0.15, -0.1) is 0 Å². The van der Waals surface area contributed by atoms with Crippen LogP contribution >= 0.6 is 0 Å². The molecule has 0 atom stereocenters. The third-order valence-corrected chi connectivity index (χ3v) is 2.99. The first-order chi connectivity index (χ1) is 9.15. The molecular weight excluding hydrogens is 240 g/mol. The maximum absolute atomic E-state index is 11.3. The van der Waals surface area contributed by atoms with E-state index in [2.05, 4.69) is 15.0 Å². The van der Waals surface area contributed by atoms with Crippen molar-refractivity contribution in [3.8, 4) is 11.3 Å². The summed E-state index contributed by atoms with van der Waals surface area (Å²) in [6, 6.07) is 7.71. The topological polar surface area (TPSA) is 60.7 Å². The van der Waals surface area contributed by atoms with Crippen LogP contribution in [0.2, 0.25) is 0 Å². The van der Waals surface area contributed by atoms with Crippen LogP contribution in [0.15, 0.2) is 36.8 Å². The largest absolute Gasteiger partial charge is 0.334 e. The number of hydrogen-bond acceptors (Lipinski definition) is 4. The molecule has 0 unspecified atom stereocenters. The van der Waals surface area contributed by atoms with Crippen LogP contribution in [0, 0.1) is 0 Å². The van der Waals surface area contributed by atoms with Gasteiger partial charge in [0.05, 0.1) is 23.1 Å². The number of rotatable bonds is 2. The van der Waals surface area contributed by atoms with Crippen molar-refractivity contribution in [1.82, 2.24) is 19.5 Å². The fourth-order valence-corrected chi connectivity index (χ4v) is 1.98. The van der Waals surface area contributed by atoms with Gasteiger partial charge in [0.1, 0.15) is 0 Å². The first-order valence-electron chi connectivity index (χ1n) is 5.90. The van der Waals surface area contributed by atoms with Crippen LogP contribution in [0.25, 0.3) is 22.3 Å². The Morgan fingerprint density at radius 2 is 2.05 bits per heavy atom. The van der Waals surface area contributed by atoms with E-state index in [1.165, 1.54) is 6.92 Å². The van der Waals surface area contributed by atoms with Crippen molar-refractivity contribution in [2.45, 2.75) is 6.92 Å². The lowest BCUT2D eigenvalue weighted by Crippen LogP contribution is -2.01. The quantitative estimate of drug-likeness (QED) is 0.656. The minimum atomic E-state index is -0.138. The third-order valence-electron chi connectivity index (χ3n) is 2.99. The number of carbonyl (C=O) groups excluding carboxylic acids is 1. The van der Waals surface area contributed by atoms with Gasteiger partial charge in [0.2, 0.25) is 0 Å². The second kappa shape index (κ2) is 4.28. The molecule has 0 N–H and O–H groups in total. The molecule has 2 aromatic heterocycles. The molecule has 1 aromatic carbocycles. The Morgan fingerprint density at radius 3 is 2.84 bits per heavy atom. The molecule has 3 aromatic rings. The fourth-order valence-electron chi connectivity index (χ4n) is 1.98. The van der Waals surface area contributed by atoms with E-state index >= 15 is 0 Å². The second-order valence-corrected chi connectivity index (χ2v) is 4.38. The molecule has 19 heavy (non-hydrogen) atoms. The van der Waals surface area contributed by atoms with Gasteiger partial charge in [-0.3, -0.25) is 4.79 Å². The molecule has 0 aliphatic heterocycles. The summed E-state index contributed by atoms with van der Waals surface area (Å²) < 4.78 is 1.96. The Hall–Kier alpha value is -2.56. The molecule has 0 aliphatic carbocycles. The van der Waals surface area contributed by atoms with Crippen molar-refractivity contribution >= 4 is 16.8 Å². The average Bonchev–Trinajstić information content (AvgIpc) is 2.80. The van der Waals surface area contributed by atoms with Crippen molar-refractivity contribution in [3.05, 3.63) is 42.6 Å². The molecule has 3 rings (SSSR count). The van der Waals surface area contributed by atoms with Crippen LogP contribution in [-0.4, -0.2) is 25.3 Å². The van der Waals surface area contributed by atoms with Crippen LogP contribution in [0.3, 0.4) is 0 Å². The zero-order chi connectivity index (χ0) is 13.4. The van der Waals surface area contributed by atoms with E-state index in [4.69, 9.17) is 0 Å². The molecule has 0 aliphatic rings. The minimum absolute atomic E-state index is 0.138. The first kappa shape index (κ1) is 11.5. The number of hydrogen-bond donors (Lipinski definition) is 0. The highest BCUT2D eigenvalue weighted by Crippen LogP contribution is 2.21. The van der Waals surface area contributed by atoms with E-state index in [-0.39, 0.29) is 11.6 Å². The lowest BCUT2D eigenvalue weighted by molar-refractivity contribution is 0.100. The summed E-state index contributed by atoms with van der Waals surface area (Å²) in [4.78, 5) is 23.8. The molecular formula is C14H12N4O. The Balaban J connectivity index is 2.13. The fraction of sp³-hybridized carbons (Fsp3) is 0.143. The molecule has 0 saturated carbocycles. The van der Waals surface area contributed by atoms with Gasteiger partial charge in [0.15, 0.2) is 11.6 Å². The molecule has 0 saturated heterocycles. The Morgan fingerprint density at radius 1 is 1.21 bits per heavy atom. The lowest BCUT2D eigenvalue weighted by atomic mass is 10.1. The Kier molecular flexibility index (Phi) is 2.59. The molecule has 0 spiro atoms. The van der Waals surface area contributed by atoms with Gasteiger partial charge in [-0.25, -0.2) is 15.0 Å². The number of Topliss-reactive ketones (excluding diaryl/α,β-unsaturated/α-hetero) is 1. The van der Waals surface area contributed by atoms with Gasteiger partial charge in [-0.1, -0.05) is 6.07 Å². The molecule has 0 radical (unpaired) electrons. The van der Waals surface area contributed by atoms with Crippen LogP contribution in [0.5, 0.6) is 0 Å². The highest BCUT2D eigenvalue weighted by Gasteiger charge is 2.07. The minimum Gasteiger partial charge on any atom is -0.334 e. The van der Waals surface area contributed by atoms with E-state index in [9.17, 15) is 4.79 Å². The van der Waals surface area contributed by atoms with Crippen molar-refractivity contribution in [2.75, 3.05) is 0 Å².